The third kappa shape index (κ3) is 5.37. The molecule has 36 heavy (non-hydrogen) atoms. The molecule has 3 heterocycles. The smallest absolute Gasteiger partial charge is 0.255 e. The quantitative estimate of drug-likeness (QED) is 0.439. The summed E-state index contributed by atoms with van der Waals surface area (Å²) in [5.41, 5.74) is 6.11. The van der Waals surface area contributed by atoms with Crippen LogP contribution in [-0.4, -0.2) is 72.4 Å². The Morgan fingerprint density at radius 1 is 1.08 bits per heavy atom. The first-order valence-electron chi connectivity index (χ1n) is 12.7. The molecule has 1 saturated heterocycles. The highest BCUT2D eigenvalue weighted by atomic mass is 35.5. The van der Waals surface area contributed by atoms with Crippen LogP contribution in [0, 0.1) is 6.92 Å². The van der Waals surface area contributed by atoms with E-state index in [-0.39, 0.29) is 11.9 Å². The van der Waals surface area contributed by atoms with Crippen LogP contribution in [0.3, 0.4) is 0 Å². The predicted octanol–water partition coefficient (Wildman–Crippen LogP) is 4.57. The molecule has 1 aromatic heterocycles. The van der Waals surface area contributed by atoms with Crippen LogP contribution in [0.5, 0.6) is 0 Å². The number of ether oxygens (including phenoxy) is 2. The third-order valence-corrected chi connectivity index (χ3v) is 7.68. The first-order chi connectivity index (χ1) is 17.5. The second kappa shape index (κ2) is 11.2. The molecule has 0 N–H and O–H groups in total. The average molecular weight is 508 g/mol. The number of aryl methyl sites for hydroxylation is 1. The SMILES string of the molecule is Cc1ccc(-c2cc(Cl)ccc2C(=O)N2Cc3ccccc3C[C@H]2COCCN2CCOCC2)n1C. The summed E-state index contributed by atoms with van der Waals surface area (Å²) in [5, 5.41) is 0.618. The molecule has 2 aliphatic heterocycles. The van der Waals surface area contributed by atoms with E-state index in [4.69, 9.17) is 21.1 Å². The Hall–Kier alpha value is -2.64. The van der Waals surface area contributed by atoms with Crippen LogP contribution < -0.4 is 0 Å². The fraction of sp³-hybridized carbons (Fsp3) is 0.414. The van der Waals surface area contributed by atoms with E-state index in [0.29, 0.717) is 30.3 Å². The Morgan fingerprint density at radius 3 is 2.61 bits per heavy atom. The number of nitrogens with zero attached hydrogens (tertiary/aromatic N) is 3. The summed E-state index contributed by atoms with van der Waals surface area (Å²) in [4.78, 5) is 18.5. The van der Waals surface area contributed by atoms with E-state index in [1.165, 1.54) is 11.1 Å². The lowest BCUT2D eigenvalue weighted by Gasteiger charge is -2.37. The van der Waals surface area contributed by atoms with Gasteiger partial charge in [-0.1, -0.05) is 35.9 Å². The monoisotopic (exact) mass is 507 g/mol. The zero-order chi connectivity index (χ0) is 25.1. The number of aromatic nitrogens is 1. The van der Waals surface area contributed by atoms with Gasteiger partial charge in [0, 0.05) is 60.8 Å². The van der Waals surface area contributed by atoms with E-state index in [2.05, 4.69) is 46.7 Å². The van der Waals surface area contributed by atoms with E-state index >= 15 is 0 Å². The van der Waals surface area contributed by atoms with Crippen molar-refractivity contribution in [1.29, 1.82) is 0 Å². The number of morpholine rings is 1. The summed E-state index contributed by atoms with van der Waals surface area (Å²) in [6, 6.07) is 18.0. The molecule has 2 aliphatic rings. The highest BCUT2D eigenvalue weighted by molar-refractivity contribution is 6.31. The van der Waals surface area contributed by atoms with Crippen molar-refractivity contribution in [2.45, 2.75) is 25.9 Å². The van der Waals surface area contributed by atoms with E-state index in [1.54, 1.807) is 6.07 Å². The van der Waals surface area contributed by atoms with Gasteiger partial charge in [-0.05, 0) is 54.8 Å². The van der Waals surface area contributed by atoms with Gasteiger partial charge in [0.15, 0.2) is 0 Å². The van der Waals surface area contributed by atoms with Crippen LogP contribution in [0.25, 0.3) is 11.3 Å². The first kappa shape index (κ1) is 25.0. The topological polar surface area (TPSA) is 46.9 Å². The van der Waals surface area contributed by atoms with Crippen molar-refractivity contribution >= 4 is 17.5 Å². The molecule has 0 aliphatic carbocycles. The fourth-order valence-corrected chi connectivity index (χ4v) is 5.34. The summed E-state index contributed by atoms with van der Waals surface area (Å²) in [6.07, 6.45) is 0.783. The molecule has 0 bridgehead atoms. The summed E-state index contributed by atoms with van der Waals surface area (Å²) in [7, 11) is 2.02. The molecule has 0 unspecified atom stereocenters. The molecule has 7 heteroatoms. The average Bonchev–Trinajstić information content (AvgIpc) is 3.24. The lowest BCUT2D eigenvalue weighted by Crippen LogP contribution is -2.47. The largest absolute Gasteiger partial charge is 0.379 e. The van der Waals surface area contributed by atoms with Crippen molar-refractivity contribution in [1.82, 2.24) is 14.4 Å². The fourth-order valence-electron chi connectivity index (χ4n) is 5.17. The molecule has 1 atom stereocenters. The van der Waals surface area contributed by atoms with E-state index < -0.39 is 0 Å². The zero-order valence-corrected chi connectivity index (χ0v) is 21.8. The second-order valence-electron chi connectivity index (χ2n) is 9.70. The van der Waals surface area contributed by atoms with Crippen molar-refractivity contribution in [3.63, 3.8) is 0 Å². The number of hydrogen-bond acceptors (Lipinski definition) is 4. The van der Waals surface area contributed by atoms with Gasteiger partial charge in [0.1, 0.15) is 0 Å². The number of carbonyl (C=O) groups excluding carboxylic acids is 1. The first-order valence-corrected chi connectivity index (χ1v) is 13.1. The number of carbonyl (C=O) groups is 1. The van der Waals surface area contributed by atoms with Gasteiger partial charge in [-0.3, -0.25) is 9.69 Å². The van der Waals surface area contributed by atoms with Crippen LogP contribution in [0.15, 0.2) is 54.6 Å². The molecule has 5 rings (SSSR count). The number of hydrogen-bond donors (Lipinski definition) is 0. The minimum atomic E-state index is -0.0317. The molecule has 1 fully saturated rings. The summed E-state index contributed by atoms with van der Waals surface area (Å²) >= 11 is 6.39. The molecule has 6 nitrogen and oxygen atoms in total. The highest BCUT2D eigenvalue weighted by Gasteiger charge is 2.32. The number of benzene rings is 2. The minimum Gasteiger partial charge on any atom is -0.379 e. The Balaban J connectivity index is 1.38. The normalized spacial score (nSPS) is 18.3. The minimum absolute atomic E-state index is 0.0109. The van der Waals surface area contributed by atoms with Crippen molar-refractivity contribution in [3.8, 4) is 11.3 Å². The van der Waals surface area contributed by atoms with Gasteiger partial charge in [-0.15, -0.1) is 0 Å². The number of halogens is 1. The van der Waals surface area contributed by atoms with Gasteiger partial charge < -0.3 is 18.9 Å². The highest BCUT2D eigenvalue weighted by Crippen LogP contribution is 2.32. The molecule has 190 valence electrons. The molecule has 0 spiro atoms. The van der Waals surface area contributed by atoms with E-state index in [1.807, 2.05) is 30.1 Å². The third-order valence-electron chi connectivity index (χ3n) is 7.44. The molecule has 0 radical (unpaired) electrons. The van der Waals surface area contributed by atoms with Crippen molar-refractivity contribution in [2.75, 3.05) is 46.1 Å². The summed E-state index contributed by atoms with van der Waals surface area (Å²) in [5.74, 6) is 0.0109. The van der Waals surface area contributed by atoms with Crippen LogP contribution in [0.1, 0.15) is 27.2 Å². The standard InChI is InChI=1S/C29H34ClN3O3/c1-21-7-10-28(31(21)2)27-18-24(30)8-9-26(27)29(34)33-19-23-6-4-3-5-22(23)17-25(33)20-36-16-13-32-11-14-35-15-12-32/h3-10,18,25H,11-17,19-20H2,1-2H3/t25-/m0/s1. The van der Waals surface area contributed by atoms with Gasteiger partial charge in [-0.2, -0.15) is 0 Å². The molecule has 2 aromatic carbocycles. The molecule has 1 amide bonds. The van der Waals surface area contributed by atoms with Gasteiger partial charge in [0.25, 0.3) is 5.91 Å². The maximum atomic E-state index is 14.1. The molecular weight excluding hydrogens is 474 g/mol. The molecule has 3 aromatic rings. The summed E-state index contributed by atoms with van der Waals surface area (Å²) in [6.45, 7) is 8.13. The Bertz CT molecular complexity index is 1220. The Labute approximate surface area is 218 Å². The zero-order valence-electron chi connectivity index (χ0n) is 21.1. The second-order valence-corrected chi connectivity index (χ2v) is 10.1. The van der Waals surface area contributed by atoms with Crippen LogP contribution >= 0.6 is 11.6 Å². The van der Waals surface area contributed by atoms with E-state index in [0.717, 1.165) is 56.2 Å². The van der Waals surface area contributed by atoms with Gasteiger partial charge in [-0.25, -0.2) is 0 Å². The number of fused-ring (bicyclic) bond motifs is 1. The van der Waals surface area contributed by atoms with Crippen LogP contribution in [0.4, 0.5) is 0 Å². The molecule has 0 saturated carbocycles. The maximum absolute atomic E-state index is 14.1. The molecular formula is C29H34ClN3O3. The van der Waals surface area contributed by atoms with Crippen LogP contribution in [0.2, 0.25) is 5.02 Å². The van der Waals surface area contributed by atoms with Gasteiger partial charge in [0.2, 0.25) is 0 Å². The number of rotatable bonds is 7. The van der Waals surface area contributed by atoms with Gasteiger partial charge in [0.05, 0.1) is 32.5 Å². The number of amides is 1. The lowest BCUT2D eigenvalue weighted by atomic mass is 9.93. The van der Waals surface area contributed by atoms with Crippen molar-refractivity contribution in [3.05, 3.63) is 82.0 Å². The maximum Gasteiger partial charge on any atom is 0.255 e. The van der Waals surface area contributed by atoms with E-state index in [9.17, 15) is 4.79 Å². The lowest BCUT2D eigenvalue weighted by molar-refractivity contribution is 0.00743. The van der Waals surface area contributed by atoms with Gasteiger partial charge >= 0.3 is 0 Å². The predicted molar refractivity (Wildman–Crippen MR) is 142 cm³/mol. The summed E-state index contributed by atoms with van der Waals surface area (Å²) < 4.78 is 13.7. The van der Waals surface area contributed by atoms with Crippen molar-refractivity contribution < 1.29 is 14.3 Å². The van der Waals surface area contributed by atoms with Crippen LogP contribution in [-0.2, 0) is 29.5 Å². The Kier molecular flexibility index (Phi) is 7.77. The Morgan fingerprint density at radius 2 is 1.86 bits per heavy atom. The van der Waals surface area contributed by atoms with Crippen molar-refractivity contribution in [2.24, 2.45) is 7.05 Å².